The van der Waals surface area contributed by atoms with Gasteiger partial charge in [-0.3, -0.25) is 24.3 Å². The molecule has 1 N–H and O–H groups in total. The van der Waals surface area contributed by atoms with Crippen LogP contribution in [-0.4, -0.2) is 61.9 Å². The van der Waals surface area contributed by atoms with E-state index in [0.717, 1.165) is 22.6 Å². The average molecular weight is 432 g/mol. The van der Waals surface area contributed by atoms with Gasteiger partial charge >= 0.3 is 6.03 Å². The van der Waals surface area contributed by atoms with E-state index in [4.69, 9.17) is 0 Å². The van der Waals surface area contributed by atoms with Crippen molar-refractivity contribution in [1.82, 2.24) is 24.5 Å². The number of hydrogen-bond acceptors (Lipinski definition) is 5. The van der Waals surface area contributed by atoms with Crippen LogP contribution in [0.15, 0.2) is 41.5 Å². The molecule has 3 aromatic rings. The lowest BCUT2D eigenvalue weighted by Gasteiger charge is -2.33. The number of anilines is 2. The second-order valence-corrected chi connectivity index (χ2v) is 7.76. The minimum atomic E-state index is -0.299. The number of hydrogen-bond donors (Lipinski definition) is 1. The van der Waals surface area contributed by atoms with Gasteiger partial charge in [0.05, 0.1) is 41.1 Å². The summed E-state index contributed by atoms with van der Waals surface area (Å²) in [5.74, 6) is 0.859. The van der Waals surface area contributed by atoms with Crippen molar-refractivity contribution in [3.63, 3.8) is 0 Å². The normalized spacial score (nSPS) is 15.0. The second-order valence-electron chi connectivity index (χ2n) is 7.76. The maximum atomic E-state index is 13.4. The lowest BCUT2D eigenvalue weighted by Crippen LogP contribution is -2.52. The maximum Gasteiger partial charge on any atom is 0.331 e. The number of carbonyl (C=O) groups excluding carboxylic acids is 2. The summed E-state index contributed by atoms with van der Waals surface area (Å²) in [7, 11) is 0. The molecule has 164 valence electrons. The van der Waals surface area contributed by atoms with Crippen LogP contribution in [-0.2, 0) is 11.3 Å². The minimum Gasteiger partial charge on any atom is -0.321 e. The Balaban J connectivity index is 1.51. The summed E-state index contributed by atoms with van der Waals surface area (Å²) in [6, 6.07) is 9.26. The number of nitrogens with zero attached hydrogens (tertiary/aromatic N) is 7. The van der Waals surface area contributed by atoms with Gasteiger partial charge < -0.3 is 5.32 Å². The lowest BCUT2D eigenvalue weighted by atomic mass is 10.2. The molecular weight excluding hydrogens is 408 g/mol. The molecule has 3 amide bonds. The summed E-state index contributed by atoms with van der Waals surface area (Å²) >= 11 is 0. The zero-order chi connectivity index (χ0) is 22.4. The highest BCUT2D eigenvalue weighted by Crippen LogP contribution is 2.33. The smallest absolute Gasteiger partial charge is 0.321 e. The highest BCUT2D eigenvalue weighted by Gasteiger charge is 2.41. The van der Waals surface area contributed by atoms with Crippen LogP contribution in [0.5, 0.6) is 0 Å². The van der Waals surface area contributed by atoms with Crippen molar-refractivity contribution in [3.8, 4) is 5.69 Å². The van der Waals surface area contributed by atoms with E-state index in [0.29, 0.717) is 37.0 Å². The molecule has 0 unspecified atom stereocenters. The van der Waals surface area contributed by atoms with Crippen molar-refractivity contribution in [2.45, 2.75) is 27.3 Å². The van der Waals surface area contributed by atoms with Gasteiger partial charge in [0, 0.05) is 13.1 Å². The van der Waals surface area contributed by atoms with Crippen LogP contribution < -0.4 is 10.2 Å². The molecule has 0 fully saturated rings. The summed E-state index contributed by atoms with van der Waals surface area (Å²) in [6.45, 7) is 7.36. The molecule has 0 radical (unpaired) electrons. The third-order valence-electron chi connectivity index (χ3n) is 5.79. The third kappa shape index (κ3) is 3.06. The summed E-state index contributed by atoms with van der Waals surface area (Å²) in [5, 5.41) is 11.9. The molecule has 0 saturated heterocycles. The van der Waals surface area contributed by atoms with E-state index in [1.54, 1.807) is 15.8 Å². The fourth-order valence-corrected chi connectivity index (χ4v) is 4.27. The molecule has 32 heavy (non-hydrogen) atoms. The van der Waals surface area contributed by atoms with E-state index in [1.807, 2.05) is 55.8 Å². The Morgan fingerprint density at radius 2 is 1.97 bits per heavy atom. The standard InChI is InChI=1S/C22H24N8O2/c1-4-29-15(3)19(14(2)26-29)25-18(31)13-28-21-17(20-23-10-11-27(20)22(28)32)12-24-30(21)16-8-6-5-7-9-16/h5-9,12H,4,10-11,13H2,1-3H3,(H,25,31). The van der Waals surface area contributed by atoms with Gasteiger partial charge in [-0.2, -0.15) is 10.2 Å². The topological polar surface area (TPSA) is 101 Å². The molecule has 4 heterocycles. The first kappa shape index (κ1) is 20.0. The van der Waals surface area contributed by atoms with Gasteiger partial charge in [-0.15, -0.1) is 0 Å². The van der Waals surface area contributed by atoms with Crippen LogP contribution in [0.1, 0.15) is 23.9 Å². The van der Waals surface area contributed by atoms with E-state index < -0.39 is 0 Å². The first-order chi connectivity index (χ1) is 15.5. The number of nitrogens with one attached hydrogen (secondary N) is 1. The van der Waals surface area contributed by atoms with Crippen molar-refractivity contribution < 1.29 is 9.59 Å². The third-order valence-corrected chi connectivity index (χ3v) is 5.79. The summed E-state index contributed by atoms with van der Waals surface area (Å²) in [4.78, 5) is 34.0. The van der Waals surface area contributed by atoms with Crippen LogP contribution in [0.4, 0.5) is 16.3 Å². The van der Waals surface area contributed by atoms with Gasteiger partial charge in [-0.25, -0.2) is 9.48 Å². The lowest BCUT2D eigenvalue weighted by molar-refractivity contribution is -0.114. The second kappa shape index (κ2) is 7.63. The van der Waals surface area contributed by atoms with Crippen molar-refractivity contribution in [1.29, 1.82) is 0 Å². The predicted molar refractivity (Wildman–Crippen MR) is 120 cm³/mol. The van der Waals surface area contributed by atoms with Crippen LogP contribution in [0.2, 0.25) is 0 Å². The number of aliphatic imine (C=N–C) groups is 1. The molecule has 10 heteroatoms. The highest BCUT2D eigenvalue weighted by atomic mass is 16.2. The Hall–Kier alpha value is -3.95. The van der Waals surface area contributed by atoms with Crippen LogP contribution in [0.25, 0.3) is 5.69 Å². The van der Waals surface area contributed by atoms with Gasteiger partial charge in [-0.1, -0.05) is 18.2 Å². The Labute approximate surface area is 185 Å². The number of aromatic nitrogens is 4. The maximum absolute atomic E-state index is 13.4. The number of aryl methyl sites for hydroxylation is 2. The number of para-hydroxylation sites is 1. The van der Waals surface area contributed by atoms with Gasteiger partial charge in [0.15, 0.2) is 5.82 Å². The van der Waals surface area contributed by atoms with Crippen LogP contribution in [0.3, 0.4) is 0 Å². The van der Waals surface area contributed by atoms with Gasteiger partial charge in [0.25, 0.3) is 0 Å². The zero-order valence-corrected chi connectivity index (χ0v) is 18.2. The first-order valence-electron chi connectivity index (χ1n) is 10.6. The molecule has 0 aliphatic carbocycles. The number of carbonyl (C=O) groups is 2. The number of rotatable bonds is 5. The average Bonchev–Trinajstić information content (AvgIpc) is 3.51. The molecule has 0 atom stereocenters. The first-order valence-corrected chi connectivity index (χ1v) is 10.6. The molecule has 0 spiro atoms. The van der Waals surface area contributed by atoms with E-state index in [2.05, 4.69) is 20.5 Å². The Morgan fingerprint density at radius 1 is 1.19 bits per heavy atom. The van der Waals surface area contributed by atoms with Gasteiger partial charge in [-0.05, 0) is 32.9 Å². The number of fused-ring (bicyclic) bond motifs is 3. The van der Waals surface area contributed by atoms with E-state index in [9.17, 15) is 9.59 Å². The fourth-order valence-electron chi connectivity index (χ4n) is 4.27. The zero-order valence-electron chi connectivity index (χ0n) is 18.2. The molecule has 5 rings (SSSR count). The Bertz CT molecular complexity index is 1240. The highest BCUT2D eigenvalue weighted by molar-refractivity contribution is 6.20. The van der Waals surface area contributed by atoms with Crippen molar-refractivity contribution >= 4 is 29.3 Å². The summed E-state index contributed by atoms with van der Waals surface area (Å²) in [5.41, 5.74) is 3.85. The number of amides is 3. The van der Waals surface area contributed by atoms with E-state index in [1.165, 1.54) is 4.90 Å². The van der Waals surface area contributed by atoms with Crippen molar-refractivity contribution in [3.05, 3.63) is 53.5 Å². The number of amidine groups is 1. The molecule has 2 aromatic heterocycles. The Morgan fingerprint density at radius 3 is 2.69 bits per heavy atom. The van der Waals surface area contributed by atoms with Crippen molar-refractivity contribution in [2.75, 3.05) is 29.9 Å². The predicted octanol–water partition coefficient (Wildman–Crippen LogP) is 2.35. The molecule has 0 bridgehead atoms. The number of benzene rings is 1. The van der Waals surface area contributed by atoms with Crippen LogP contribution in [0, 0.1) is 13.8 Å². The molecule has 0 saturated carbocycles. The van der Waals surface area contributed by atoms with Crippen LogP contribution >= 0.6 is 0 Å². The van der Waals surface area contributed by atoms with Crippen molar-refractivity contribution in [2.24, 2.45) is 4.99 Å². The quantitative estimate of drug-likeness (QED) is 0.669. The molecule has 1 aromatic carbocycles. The number of urea groups is 1. The Kier molecular flexibility index (Phi) is 4.76. The fraction of sp³-hybridized carbons (Fsp3) is 0.318. The minimum absolute atomic E-state index is 0.148. The SMILES string of the molecule is CCn1nc(C)c(NC(=O)CN2C(=O)N3CCN=C3c3cnn(-c4ccccc4)c32)c1C. The molecule has 2 aliphatic rings. The monoisotopic (exact) mass is 432 g/mol. The largest absolute Gasteiger partial charge is 0.331 e. The van der Waals surface area contributed by atoms with Gasteiger partial charge in [0.1, 0.15) is 12.4 Å². The summed E-state index contributed by atoms with van der Waals surface area (Å²) < 4.78 is 3.52. The van der Waals surface area contributed by atoms with Gasteiger partial charge in [0.2, 0.25) is 5.91 Å². The van der Waals surface area contributed by atoms with E-state index in [-0.39, 0.29) is 18.5 Å². The summed E-state index contributed by atoms with van der Waals surface area (Å²) in [6.07, 6.45) is 1.70. The van der Waals surface area contributed by atoms with E-state index >= 15 is 0 Å². The molecule has 2 aliphatic heterocycles. The molecular formula is C22H24N8O2. The molecule has 10 nitrogen and oxygen atoms in total.